The zero-order chi connectivity index (χ0) is 12.3. The third-order valence-electron chi connectivity index (χ3n) is 2.24. The van der Waals surface area contributed by atoms with E-state index in [4.69, 9.17) is 4.42 Å². The number of para-hydroxylation sites is 1. The normalized spacial score (nSPS) is 10.4. The van der Waals surface area contributed by atoms with Crippen LogP contribution in [0.15, 0.2) is 33.6 Å². The number of methoxy groups -OCH3 is 1. The predicted octanol–water partition coefficient (Wildman–Crippen LogP) is 2.51. The fourth-order valence-electron chi connectivity index (χ4n) is 1.46. The maximum atomic E-state index is 11.1. The van der Waals surface area contributed by atoms with Crippen LogP contribution < -0.4 is 0 Å². The summed E-state index contributed by atoms with van der Waals surface area (Å²) in [6.07, 6.45) is 0.652. The SMILES string of the molecule is COC(=O)CSc1c(C=O)oc2ccccc12. The van der Waals surface area contributed by atoms with Crippen molar-refractivity contribution in [3.05, 3.63) is 30.0 Å². The number of aldehydes is 1. The van der Waals surface area contributed by atoms with Crippen LogP contribution in [0.4, 0.5) is 0 Å². The lowest BCUT2D eigenvalue weighted by molar-refractivity contribution is -0.137. The Morgan fingerprint density at radius 3 is 2.94 bits per heavy atom. The molecule has 17 heavy (non-hydrogen) atoms. The smallest absolute Gasteiger partial charge is 0.315 e. The van der Waals surface area contributed by atoms with E-state index < -0.39 is 0 Å². The molecule has 1 heterocycles. The number of hydrogen-bond donors (Lipinski definition) is 0. The molecule has 1 aromatic carbocycles. The van der Waals surface area contributed by atoms with E-state index in [1.54, 1.807) is 6.07 Å². The zero-order valence-electron chi connectivity index (χ0n) is 9.14. The van der Waals surface area contributed by atoms with Crippen molar-refractivity contribution in [2.24, 2.45) is 0 Å². The lowest BCUT2D eigenvalue weighted by atomic mass is 10.2. The van der Waals surface area contributed by atoms with Crippen LogP contribution in [0, 0.1) is 0 Å². The van der Waals surface area contributed by atoms with Crippen molar-refractivity contribution >= 4 is 35.0 Å². The van der Waals surface area contributed by atoms with Gasteiger partial charge in [0, 0.05) is 5.39 Å². The quantitative estimate of drug-likeness (QED) is 0.474. The van der Waals surface area contributed by atoms with Gasteiger partial charge in [-0.3, -0.25) is 9.59 Å². The number of furan rings is 1. The fraction of sp³-hybridized carbons (Fsp3) is 0.167. The van der Waals surface area contributed by atoms with E-state index in [2.05, 4.69) is 4.74 Å². The molecule has 0 unspecified atom stereocenters. The van der Waals surface area contributed by atoms with Crippen LogP contribution in [0.5, 0.6) is 0 Å². The summed E-state index contributed by atoms with van der Waals surface area (Å²) in [4.78, 5) is 22.7. The van der Waals surface area contributed by atoms with Gasteiger partial charge in [0.15, 0.2) is 12.0 Å². The first-order valence-corrected chi connectivity index (χ1v) is 5.91. The van der Waals surface area contributed by atoms with Crippen LogP contribution in [-0.4, -0.2) is 25.1 Å². The molecule has 88 valence electrons. The van der Waals surface area contributed by atoms with E-state index in [-0.39, 0.29) is 17.5 Å². The van der Waals surface area contributed by atoms with Crippen molar-refractivity contribution in [2.45, 2.75) is 4.90 Å². The lowest BCUT2D eigenvalue weighted by Gasteiger charge is -1.98. The van der Waals surface area contributed by atoms with Gasteiger partial charge in [0.2, 0.25) is 0 Å². The monoisotopic (exact) mass is 250 g/mol. The summed E-state index contributed by atoms with van der Waals surface area (Å²) in [5, 5.41) is 0.837. The Kier molecular flexibility index (Phi) is 3.49. The van der Waals surface area contributed by atoms with Gasteiger partial charge in [-0.25, -0.2) is 0 Å². The van der Waals surface area contributed by atoms with E-state index >= 15 is 0 Å². The highest BCUT2D eigenvalue weighted by atomic mass is 32.2. The Morgan fingerprint density at radius 2 is 2.24 bits per heavy atom. The van der Waals surface area contributed by atoms with E-state index in [9.17, 15) is 9.59 Å². The molecule has 0 fully saturated rings. The van der Waals surface area contributed by atoms with Crippen molar-refractivity contribution in [1.82, 2.24) is 0 Å². The molecular formula is C12H10O4S. The van der Waals surface area contributed by atoms with Crippen LogP contribution in [0.2, 0.25) is 0 Å². The molecule has 0 radical (unpaired) electrons. The Balaban J connectivity index is 2.36. The minimum absolute atomic E-state index is 0.154. The standard InChI is InChI=1S/C12H10O4S/c1-15-11(14)7-17-12-8-4-2-3-5-9(8)16-10(12)6-13/h2-6H,7H2,1H3. The number of fused-ring (bicyclic) bond motifs is 1. The molecule has 0 spiro atoms. The van der Waals surface area contributed by atoms with Crippen molar-refractivity contribution in [1.29, 1.82) is 0 Å². The maximum Gasteiger partial charge on any atom is 0.315 e. The molecule has 0 N–H and O–H groups in total. The Labute approximate surface area is 102 Å². The molecule has 1 aromatic heterocycles. The largest absolute Gasteiger partial charge is 0.468 e. The molecule has 2 aromatic rings. The van der Waals surface area contributed by atoms with E-state index in [1.165, 1.54) is 18.9 Å². The second kappa shape index (κ2) is 5.05. The molecule has 0 aliphatic heterocycles. The number of carbonyl (C=O) groups is 2. The second-order valence-corrected chi connectivity index (χ2v) is 4.26. The third kappa shape index (κ3) is 2.34. The Morgan fingerprint density at radius 1 is 1.47 bits per heavy atom. The minimum Gasteiger partial charge on any atom is -0.468 e. The summed E-state index contributed by atoms with van der Waals surface area (Å²) in [6.45, 7) is 0. The zero-order valence-corrected chi connectivity index (χ0v) is 9.95. The molecule has 5 heteroatoms. The highest BCUT2D eigenvalue weighted by Crippen LogP contribution is 2.33. The molecule has 4 nitrogen and oxygen atoms in total. The maximum absolute atomic E-state index is 11.1. The summed E-state index contributed by atoms with van der Waals surface area (Å²) in [5.74, 6) is 0.0677. The Hall–Kier alpha value is -1.75. The van der Waals surface area contributed by atoms with E-state index in [0.29, 0.717) is 16.8 Å². The molecule has 0 bridgehead atoms. The number of rotatable bonds is 4. The molecule has 0 aliphatic carbocycles. The van der Waals surface area contributed by atoms with Gasteiger partial charge in [-0.2, -0.15) is 0 Å². The molecule has 0 saturated heterocycles. The van der Waals surface area contributed by atoms with Crippen molar-refractivity contribution in [2.75, 3.05) is 12.9 Å². The van der Waals surface area contributed by atoms with Crippen LogP contribution in [0.3, 0.4) is 0 Å². The van der Waals surface area contributed by atoms with Gasteiger partial charge in [0.25, 0.3) is 0 Å². The second-order valence-electron chi connectivity index (χ2n) is 3.27. The highest BCUT2D eigenvalue weighted by molar-refractivity contribution is 8.00. The fourth-order valence-corrected chi connectivity index (χ4v) is 2.39. The lowest BCUT2D eigenvalue weighted by Crippen LogP contribution is -2.02. The summed E-state index contributed by atoms with van der Waals surface area (Å²) in [6, 6.07) is 7.32. The summed E-state index contributed by atoms with van der Waals surface area (Å²) < 4.78 is 9.93. The van der Waals surface area contributed by atoms with Gasteiger partial charge in [-0.05, 0) is 12.1 Å². The molecule has 0 saturated carbocycles. The number of benzene rings is 1. The van der Waals surface area contributed by atoms with Gasteiger partial charge in [-0.1, -0.05) is 12.1 Å². The van der Waals surface area contributed by atoms with Gasteiger partial charge in [0.05, 0.1) is 17.8 Å². The van der Waals surface area contributed by atoms with Crippen molar-refractivity contribution < 1.29 is 18.7 Å². The highest BCUT2D eigenvalue weighted by Gasteiger charge is 2.15. The number of carbonyl (C=O) groups excluding carboxylic acids is 2. The number of hydrogen-bond acceptors (Lipinski definition) is 5. The molecule has 0 atom stereocenters. The average Bonchev–Trinajstić information content (AvgIpc) is 2.73. The van der Waals surface area contributed by atoms with Crippen molar-refractivity contribution in [3.8, 4) is 0 Å². The molecule has 0 amide bonds. The Bertz CT molecular complexity index is 559. The van der Waals surface area contributed by atoms with Crippen LogP contribution in [0.1, 0.15) is 10.6 Å². The van der Waals surface area contributed by atoms with Gasteiger partial charge >= 0.3 is 5.97 Å². The number of esters is 1. The molecule has 2 rings (SSSR count). The molecular weight excluding hydrogens is 240 g/mol. The van der Waals surface area contributed by atoms with Gasteiger partial charge < -0.3 is 9.15 Å². The molecule has 0 aliphatic rings. The van der Waals surface area contributed by atoms with E-state index in [1.807, 2.05) is 18.2 Å². The summed E-state index contributed by atoms with van der Waals surface area (Å²) in [5.41, 5.74) is 0.641. The third-order valence-corrected chi connectivity index (χ3v) is 3.33. The summed E-state index contributed by atoms with van der Waals surface area (Å²) in [7, 11) is 1.33. The van der Waals surface area contributed by atoms with Crippen LogP contribution >= 0.6 is 11.8 Å². The number of ether oxygens (including phenoxy) is 1. The first-order valence-electron chi connectivity index (χ1n) is 4.92. The minimum atomic E-state index is -0.336. The van der Waals surface area contributed by atoms with E-state index in [0.717, 1.165) is 5.39 Å². The first-order chi connectivity index (χ1) is 8.26. The predicted molar refractivity (Wildman–Crippen MR) is 64.3 cm³/mol. The van der Waals surface area contributed by atoms with Crippen LogP contribution in [0.25, 0.3) is 11.0 Å². The summed E-state index contributed by atoms with van der Waals surface area (Å²) >= 11 is 1.24. The van der Waals surface area contributed by atoms with Crippen LogP contribution in [-0.2, 0) is 9.53 Å². The van der Waals surface area contributed by atoms with Crippen molar-refractivity contribution in [3.63, 3.8) is 0 Å². The van der Waals surface area contributed by atoms with Gasteiger partial charge in [-0.15, -0.1) is 11.8 Å². The first kappa shape index (κ1) is 11.7. The topological polar surface area (TPSA) is 56.5 Å². The average molecular weight is 250 g/mol. The number of thioether (sulfide) groups is 1. The van der Waals surface area contributed by atoms with Gasteiger partial charge in [0.1, 0.15) is 5.58 Å².